The van der Waals surface area contributed by atoms with Crippen LogP contribution in [0.3, 0.4) is 0 Å². The van der Waals surface area contributed by atoms with E-state index in [0.717, 1.165) is 0 Å². The lowest BCUT2D eigenvalue weighted by Gasteiger charge is -2.34. The number of hydrogen-bond acceptors (Lipinski definition) is 7. The summed E-state index contributed by atoms with van der Waals surface area (Å²) >= 11 is 0. The molecule has 1 N–H and O–H groups in total. The van der Waals surface area contributed by atoms with E-state index in [9.17, 15) is 10.1 Å². The van der Waals surface area contributed by atoms with Crippen molar-refractivity contribution >= 4 is 23.4 Å². The van der Waals surface area contributed by atoms with E-state index in [1.165, 1.54) is 0 Å². The van der Waals surface area contributed by atoms with Crippen molar-refractivity contribution < 1.29 is 4.79 Å². The minimum Gasteiger partial charge on any atom is -0.339 e. The topological polar surface area (TPSA) is 98.0 Å². The molecule has 0 unspecified atom stereocenters. The van der Waals surface area contributed by atoms with Gasteiger partial charge in [0.2, 0.25) is 5.95 Å². The number of piperazine rings is 1. The van der Waals surface area contributed by atoms with Crippen molar-refractivity contribution in [2.24, 2.45) is 0 Å². The molecule has 1 aliphatic rings. The Morgan fingerprint density at radius 1 is 0.966 bits per heavy atom. The van der Waals surface area contributed by atoms with Gasteiger partial charge in [-0.25, -0.2) is 15.0 Å². The molecule has 0 aliphatic carbocycles. The Morgan fingerprint density at radius 2 is 1.72 bits per heavy atom. The molecule has 0 bridgehead atoms. The Balaban J connectivity index is 1.43. The predicted octanol–water partition coefficient (Wildman–Crippen LogP) is 2.45. The average molecular weight is 385 g/mol. The summed E-state index contributed by atoms with van der Waals surface area (Å²) in [5.74, 6) is 1.17. The van der Waals surface area contributed by atoms with Crippen LogP contribution in [0, 0.1) is 11.3 Å². The molecule has 1 aromatic carbocycles. The highest BCUT2D eigenvalue weighted by atomic mass is 16.2. The number of amides is 1. The fourth-order valence-electron chi connectivity index (χ4n) is 3.21. The smallest absolute Gasteiger partial charge is 0.254 e. The number of para-hydroxylation sites is 1. The summed E-state index contributed by atoms with van der Waals surface area (Å²) in [4.78, 5) is 29.6. The summed E-state index contributed by atoms with van der Waals surface area (Å²) < 4.78 is 0. The lowest BCUT2D eigenvalue weighted by atomic mass is 10.2. The van der Waals surface area contributed by atoms with Gasteiger partial charge in [-0.15, -0.1) is 0 Å². The molecule has 0 radical (unpaired) electrons. The van der Waals surface area contributed by atoms with E-state index in [1.807, 2.05) is 11.0 Å². The number of pyridine rings is 1. The maximum absolute atomic E-state index is 12.9. The third-order valence-corrected chi connectivity index (χ3v) is 4.72. The molecule has 1 aliphatic heterocycles. The molecular formula is C21H19N7O. The lowest BCUT2D eigenvalue weighted by molar-refractivity contribution is 0.0746. The molecule has 144 valence electrons. The fourth-order valence-corrected chi connectivity index (χ4v) is 3.21. The lowest BCUT2D eigenvalue weighted by Crippen LogP contribution is -2.49. The largest absolute Gasteiger partial charge is 0.339 e. The van der Waals surface area contributed by atoms with E-state index in [2.05, 4.69) is 31.2 Å². The number of nitrogens with zero attached hydrogens (tertiary/aromatic N) is 6. The monoisotopic (exact) mass is 385 g/mol. The average Bonchev–Trinajstić information content (AvgIpc) is 2.80. The summed E-state index contributed by atoms with van der Waals surface area (Å²) in [6, 6.07) is 14.5. The summed E-state index contributed by atoms with van der Waals surface area (Å²) in [6.45, 7) is 2.56. The molecule has 29 heavy (non-hydrogen) atoms. The molecule has 1 amide bonds. The van der Waals surface area contributed by atoms with Gasteiger partial charge in [-0.3, -0.25) is 4.79 Å². The highest BCUT2D eigenvalue weighted by Gasteiger charge is 2.23. The van der Waals surface area contributed by atoms with Gasteiger partial charge in [-0.1, -0.05) is 12.1 Å². The molecule has 0 spiro atoms. The molecule has 3 heterocycles. The number of carbonyl (C=O) groups excluding carboxylic acids is 1. The van der Waals surface area contributed by atoms with Crippen LogP contribution in [-0.4, -0.2) is 51.9 Å². The summed E-state index contributed by atoms with van der Waals surface area (Å²) in [7, 11) is 0. The van der Waals surface area contributed by atoms with E-state index in [4.69, 9.17) is 0 Å². The second kappa shape index (κ2) is 8.35. The molecule has 1 fully saturated rings. The third kappa shape index (κ3) is 4.14. The van der Waals surface area contributed by atoms with Crippen molar-refractivity contribution in [3.05, 3.63) is 72.2 Å². The minimum absolute atomic E-state index is 0.0438. The molecule has 8 nitrogen and oxygen atoms in total. The first-order valence-corrected chi connectivity index (χ1v) is 9.28. The van der Waals surface area contributed by atoms with Gasteiger partial charge in [0, 0.05) is 50.3 Å². The Morgan fingerprint density at radius 3 is 2.48 bits per heavy atom. The third-order valence-electron chi connectivity index (χ3n) is 4.72. The Hall–Kier alpha value is -3.99. The number of rotatable bonds is 4. The highest BCUT2D eigenvalue weighted by Crippen LogP contribution is 2.20. The fraction of sp³-hybridized carbons (Fsp3) is 0.190. The second-order valence-electron chi connectivity index (χ2n) is 6.54. The van der Waals surface area contributed by atoms with E-state index in [-0.39, 0.29) is 5.91 Å². The van der Waals surface area contributed by atoms with Gasteiger partial charge in [0.25, 0.3) is 5.91 Å². The summed E-state index contributed by atoms with van der Waals surface area (Å²) in [5.41, 5.74) is 1.73. The number of hydrogen-bond donors (Lipinski definition) is 1. The summed E-state index contributed by atoms with van der Waals surface area (Å²) in [5, 5.41) is 12.4. The van der Waals surface area contributed by atoms with Gasteiger partial charge >= 0.3 is 0 Å². The Bertz CT molecular complexity index is 1040. The number of anilines is 3. The first kappa shape index (κ1) is 18.4. The van der Waals surface area contributed by atoms with E-state index in [0.29, 0.717) is 54.8 Å². The van der Waals surface area contributed by atoms with Crippen LogP contribution >= 0.6 is 0 Å². The molecule has 0 atom stereocenters. The molecule has 8 heteroatoms. The molecule has 3 aromatic rings. The minimum atomic E-state index is -0.0438. The number of aromatic nitrogens is 3. The van der Waals surface area contributed by atoms with Crippen LogP contribution in [0.1, 0.15) is 15.9 Å². The van der Waals surface area contributed by atoms with Crippen molar-refractivity contribution in [2.75, 3.05) is 36.4 Å². The number of benzene rings is 1. The van der Waals surface area contributed by atoms with Gasteiger partial charge < -0.3 is 15.1 Å². The zero-order chi connectivity index (χ0) is 20.1. The first-order valence-electron chi connectivity index (χ1n) is 9.28. The highest BCUT2D eigenvalue weighted by molar-refractivity contribution is 5.95. The van der Waals surface area contributed by atoms with E-state index < -0.39 is 0 Å². The van der Waals surface area contributed by atoms with E-state index >= 15 is 0 Å². The van der Waals surface area contributed by atoms with Crippen LogP contribution in [0.15, 0.2) is 61.1 Å². The van der Waals surface area contributed by atoms with Gasteiger partial charge in [-0.05, 0) is 30.3 Å². The van der Waals surface area contributed by atoms with Crippen LogP contribution in [0.4, 0.5) is 17.5 Å². The van der Waals surface area contributed by atoms with Crippen molar-refractivity contribution in [3.8, 4) is 6.07 Å². The predicted molar refractivity (Wildman–Crippen MR) is 109 cm³/mol. The maximum atomic E-state index is 12.9. The van der Waals surface area contributed by atoms with Crippen molar-refractivity contribution in [1.82, 2.24) is 19.9 Å². The Labute approximate surface area is 168 Å². The standard InChI is InChI=1S/C21H19N7O/c22-15-17-4-1-2-5-18(17)26-19-14-16(6-9-23-19)20(29)27-10-12-28(13-11-27)21-24-7-3-8-25-21/h1-9,14H,10-13H2,(H,23,26). The molecule has 0 saturated carbocycles. The van der Waals surface area contributed by atoms with Gasteiger partial charge in [-0.2, -0.15) is 5.26 Å². The van der Waals surface area contributed by atoms with Crippen LogP contribution in [0.25, 0.3) is 0 Å². The molecular weight excluding hydrogens is 366 g/mol. The van der Waals surface area contributed by atoms with Gasteiger partial charge in [0.1, 0.15) is 11.9 Å². The number of nitriles is 1. The zero-order valence-electron chi connectivity index (χ0n) is 15.7. The number of carbonyl (C=O) groups is 1. The quantitative estimate of drug-likeness (QED) is 0.736. The maximum Gasteiger partial charge on any atom is 0.254 e. The van der Waals surface area contributed by atoms with Crippen LogP contribution in [-0.2, 0) is 0 Å². The Kier molecular flexibility index (Phi) is 5.29. The van der Waals surface area contributed by atoms with Crippen molar-refractivity contribution in [2.45, 2.75) is 0 Å². The van der Waals surface area contributed by atoms with Crippen molar-refractivity contribution in [3.63, 3.8) is 0 Å². The van der Waals surface area contributed by atoms with Gasteiger partial charge in [0.05, 0.1) is 11.3 Å². The molecule has 4 rings (SSSR count). The summed E-state index contributed by atoms with van der Waals surface area (Å²) in [6.07, 6.45) is 5.03. The zero-order valence-corrected chi connectivity index (χ0v) is 15.7. The van der Waals surface area contributed by atoms with Gasteiger partial charge in [0.15, 0.2) is 0 Å². The number of nitrogens with one attached hydrogen (secondary N) is 1. The van der Waals surface area contributed by atoms with E-state index in [1.54, 1.807) is 55.0 Å². The van der Waals surface area contributed by atoms with Crippen LogP contribution in [0.5, 0.6) is 0 Å². The van der Waals surface area contributed by atoms with Crippen molar-refractivity contribution in [1.29, 1.82) is 5.26 Å². The first-order chi connectivity index (χ1) is 14.2. The normalized spacial score (nSPS) is 13.6. The second-order valence-corrected chi connectivity index (χ2v) is 6.54. The molecule has 1 saturated heterocycles. The van der Waals surface area contributed by atoms with Crippen LogP contribution < -0.4 is 10.2 Å². The van der Waals surface area contributed by atoms with Crippen LogP contribution in [0.2, 0.25) is 0 Å². The molecule has 2 aromatic heterocycles. The SMILES string of the molecule is N#Cc1ccccc1Nc1cc(C(=O)N2CCN(c3ncccn3)CC2)ccn1.